The predicted octanol–water partition coefficient (Wildman–Crippen LogP) is 1.71. The molecule has 3 aliphatic rings. The van der Waals surface area contributed by atoms with Crippen LogP contribution in [0.1, 0.15) is 34.3 Å². The normalized spacial score (nSPS) is 26.1. The van der Waals surface area contributed by atoms with Gasteiger partial charge in [-0.1, -0.05) is 30.3 Å². The number of likely N-dealkylation sites (N-methyl/N-ethyl adjacent to an activating group) is 1. The average molecular weight is 549 g/mol. The van der Waals surface area contributed by atoms with Gasteiger partial charge in [0, 0.05) is 18.1 Å². The molecule has 5 rings (SSSR count). The third-order valence-corrected chi connectivity index (χ3v) is 8.47. The molecule has 10 heteroatoms. The first kappa shape index (κ1) is 27.6. The minimum Gasteiger partial charge on any atom is -0.510 e. The third kappa shape index (κ3) is 3.94. The number of aromatic hydroxyl groups is 1. The van der Waals surface area contributed by atoms with Crippen LogP contribution in [0, 0.1) is 11.8 Å². The Morgan fingerprint density at radius 3 is 2.50 bits per heavy atom. The van der Waals surface area contributed by atoms with Gasteiger partial charge in [0.05, 0.1) is 11.6 Å². The van der Waals surface area contributed by atoms with Crippen molar-refractivity contribution in [3.05, 3.63) is 75.8 Å². The van der Waals surface area contributed by atoms with Crippen molar-refractivity contribution in [3.63, 3.8) is 0 Å². The zero-order chi connectivity index (χ0) is 29.1. The number of hydrogen-bond acceptors (Lipinski definition) is 9. The number of carbonyl (C=O) groups is 3. The molecule has 2 aromatic carbocycles. The number of ketones is 2. The minimum absolute atomic E-state index is 0.0252. The quantitative estimate of drug-likeness (QED) is 0.293. The molecule has 0 spiro atoms. The van der Waals surface area contributed by atoms with Gasteiger partial charge in [-0.2, -0.15) is 0 Å². The van der Waals surface area contributed by atoms with Crippen LogP contribution >= 0.6 is 0 Å². The lowest BCUT2D eigenvalue weighted by Gasteiger charge is -2.50. The number of phenolic OH excluding ortho intramolecular Hbond substituents is 1. The highest BCUT2D eigenvalue weighted by Crippen LogP contribution is 2.53. The number of fused-ring (bicyclic) bond motifs is 3. The number of Topliss-reactive ketones (excluding diaryl/α,β-unsaturated/α-hetero) is 2. The number of amides is 1. The molecular weight excluding hydrogens is 516 g/mol. The lowest BCUT2D eigenvalue weighted by molar-refractivity contribution is -0.148. The van der Waals surface area contributed by atoms with E-state index in [1.165, 1.54) is 11.0 Å². The predicted molar refractivity (Wildman–Crippen MR) is 145 cm³/mol. The molecule has 0 aromatic heterocycles. The molecule has 0 bridgehead atoms. The monoisotopic (exact) mass is 548 g/mol. The summed E-state index contributed by atoms with van der Waals surface area (Å²) in [6, 6.07) is 9.75. The fourth-order valence-electron chi connectivity index (χ4n) is 6.70. The number of aliphatic hydroxyl groups excluding tert-OH is 3. The van der Waals surface area contributed by atoms with Crippen molar-refractivity contribution < 1.29 is 39.9 Å². The maximum Gasteiger partial charge on any atom is 0.255 e. The van der Waals surface area contributed by atoms with Crippen LogP contribution in [0.25, 0.3) is 11.1 Å². The van der Waals surface area contributed by atoms with Gasteiger partial charge in [-0.25, -0.2) is 0 Å². The van der Waals surface area contributed by atoms with Gasteiger partial charge >= 0.3 is 0 Å². The largest absolute Gasteiger partial charge is 0.510 e. The second-order valence-electron chi connectivity index (χ2n) is 11.0. The Balaban J connectivity index is 1.68. The Bertz CT molecular complexity index is 1510. The molecule has 3 aliphatic carbocycles. The number of phenols is 1. The van der Waals surface area contributed by atoms with Gasteiger partial charge in [-0.3, -0.25) is 19.3 Å². The Hall–Kier alpha value is -3.99. The SMILES string of the molecule is CN(C)[C@@H]1C(O)=C(C(N)=O)C(=O)[C@@]2(O)C(O)=C3C(=O)c4c(O)ccc(-c5cccc(CCCO)c5)c4C[C@H]3C[C@@H]12. The van der Waals surface area contributed by atoms with Gasteiger partial charge in [0.2, 0.25) is 5.78 Å². The number of hydrogen-bond donors (Lipinski definition) is 6. The number of nitrogens with two attached hydrogens (primary N) is 1. The Kier molecular flexibility index (Phi) is 6.81. The van der Waals surface area contributed by atoms with Crippen LogP contribution < -0.4 is 5.73 Å². The fourth-order valence-corrected chi connectivity index (χ4v) is 6.70. The number of primary amides is 1. The number of allylic oxidation sites excluding steroid dienone is 1. The molecule has 0 fully saturated rings. The van der Waals surface area contributed by atoms with E-state index < -0.39 is 58.0 Å². The summed E-state index contributed by atoms with van der Waals surface area (Å²) in [7, 11) is 3.18. The van der Waals surface area contributed by atoms with Crippen LogP contribution in [0.5, 0.6) is 5.75 Å². The maximum atomic E-state index is 13.9. The first-order valence-corrected chi connectivity index (χ1v) is 13.1. The second kappa shape index (κ2) is 9.88. The van der Waals surface area contributed by atoms with Crippen molar-refractivity contribution >= 4 is 17.5 Å². The Morgan fingerprint density at radius 2 is 1.85 bits per heavy atom. The van der Waals surface area contributed by atoms with Gasteiger partial charge < -0.3 is 31.3 Å². The third-order valence-electron chi connectivity index (χ3n) is 8.47. The first-order chi connectivity index (χ1) is 18.9. The average Bonchev–Trinajstić information content (AvgIpc) is 2.89. The van der Waals surface area contributed by atoms with Gasteiger partial charge in [0.1, 0.15) is 22.8 Å². The first-order valence-electron chi connectivity index (χ1n) is 13.1. The van der Waals surface area contributed by atoms with E-state index in [0.717, 1.165) is 11.1 Å². The van der Waals surface area contributed by atoms with Crippen molar-refractivity contribution in [1.82, 2.24) is 4.90 Å². The molecule has 0 saturated carbocycles. The molecule has 10 nitrogen and oxygen atoms in total. The molecule has 0 unspecified atom stereocenters. The smallest absolute Gasteiger partial charge is 0.255 e. The van der Waals surface area contributed by atoms with E-state index in [1.807, 2.05) is 24.3 Å². The van der Waals surface area contributed by atoms with Crippen LogP contribution in [0.3, 0.4) is 0 Å². The molecule has 210 valence electrons. The number of benzene rings is 2. The van der Waals surface area contributed by atoms with Crippen molar-refractivity contribution in [2.75, 3.05) is 20.7 Å². The van der Waals surface area contributed by atoms with E-state index in [1.54, 1.807) is 20.2 Å². The summed E-state index contributed by atoms with van der Waals surface area (Å²) in [6.45, 7) is 0.0588. The minimum atomic E-state index is -2.67. The molecule has 0 radical (unpaired) electrons. The number of carbonyl (C=O) groups excluding carboxylic acids is 3. The van der Waals surface area contributed by atoms with E-state index in [2.05, 4.69) is 0 Å². The van der Waals surface area contributed by atoms with Gasteiger partial charge in [0.25, 0.3) is 5.91 Å². The maximum absolute atomic E-state index is 13.9. The number of nitrogens with zero attached hydrogens (tertiary/aromatic N) is 1. The lowest BCUT2D eigenvalue weighted by Crippen LogP contribution is -2.63. The molecule has 7 N–H and O–H groups in total. The highest BCUT2D eigenvalue weighted by atomic mass is 16.3. The molecule has 4 atom stereocenters. The van der Waals surface area contributed by atoms with Crippen LogP contribution in [-0.4, -0.2) is 80.3 Å². The van der Waals surface area contributed by atoms with Gasteiger partial charge in [-0.05, 0) is 74.0 Å². The van der Waals surface area contributed by atoms with E-state index in [4.69, 9.17) is 5.73 Å². The zero-order valence-corrected chi connectivity index (χ0v) is 22.2. The van der Waals surface area contributed by atoms with Crippen LogP contribution in [-0.2, 0) is 22.4 Å². The molecule has 0 heterocycles. The topological polar surface area (TPSA) is 182 Å². The van der Waals surface area contributed by atoms with Crippen molar-refractivity contribution in [2.45, 2.75) is 37.3 Å². The summed E-state index contributed by atoms with van der Waals surface area (Å²) in [6.07, 6.45) is 1.49. The highest BCUT2D eigenvalue weighted by Gasteiger charge is 2.63. The number of aryl methyl sites for hydroxylation is 1. The lowest BCUT2D eigenvalue weighted by atomic mass is 9.58. The Labute approximate surface area is 230 Å². The summed E-state index contributed by atoms with van der Waals surface area (Å²) >= 11 is 0. The fraction of sp³-hybridized carbons (Fsp3) is 0.367. The zero-order valence-electron chi connectivity index (χ0n) is 22.2. The van der Waals surface area contributed by atoms with Crippen molar-refractivity contribution in [1.29, 1.82) is 0 Å². The van der Waals surface area contributed by atoms with Gasteiger partial charge in [-0.15, -0.1) is 0 Å². The van der Waals surface area contributed by atoms with E-state index >= 15 is 0 Å². The molecular formula is C30H32N2O8. The van der Waals surface area contributed by atoms with Crippen LogP contribution in [0.15, 0.2) is 59.1 Å². The summed E-state index contributed by atoms with van der Waals surface area (Å²) in [4.78, 5) is 40.9. The highest BCUT2D eigenvalue weighted by molar-refractivity contribution is 6.24. The summed E-state index contributed by atoms with van der Waals surface area (Å²) in [5.41, 5.74) is 4.75. The molecule has 0 aliphatic heterocycles. The van der Waals surface area contributed by atoms with Crippen LogP contribution in [0.2, 0.25) is 0 Å². The molecule has 1 amide bonds. The van der Waals surface area contributed by atoms with Crippen molar-refractivity contribution in [3.8, 4) is 16.9 Å². The van der Waals surface area contributed by atoms with Crippen molar-refractivity contribution in [2.24, 2.45) is 17.6 Å². The summed E-state index contributed by atoms with van der Waals surface area (Å²) in [5.74, 6) is -6.77. The van der Waals surface area contributed by atoms with E-state index in [0.29, 0.717) is 24.0 Å². The standard InChI is InChI=1S/C30H32N2O8/c1-32(2)24-19-13-16-12-18-17(15-7-3-5-14(11-15)6-4-10-33)8-9-20(34)22(18)25(35)21(16)27(37)30(19,40)28(38)23(26(24)36)29(31)39/h3,5,7-9,11,16,19,24,33-34,36-37,40H,4,6,10,12-13H2,1-2H3,(H2,31,39)/t16-,19-,24-,30-/m0/s1. The number of rotatable bonds is 6. The number of aliphatic hydroxyl groups is 4. The molecule has 0 saturated heterocycles. The molecule has 40 heavy (non-hydrogen) atoms. The van der Waals surface area contributed by atoms with Crippen LogP contribution in [0.4, 0.5) is 0 Å². The summed E-state index contributed by atoms with van der Waals surface area (Å²) in [5, 5.41) is 54.0. The Morgan fingerprint density at radius 1 is 1.12 bits per heavy atom. The summed E-state index contributed by atoms with van der Waals surface area (Å²) < 4.78 is 0. The second-order valence-corrected chi connectivity index (χ2v) is 11.0. The van der Waals surface area contributed by atoms with E-state index in [9.17, 15) is 39.9 Å². The van der Waals surface area contributed by atoms with E-state index in [-0.39, 0.29) is 36.3 Å². The van der Waals surface area contributed by atoms with Gasteiger partial charge in [0.15, 0.2) is 11.4 Å². The molecule has 2 aromatic rings.